The van der Waals surface area contributed by atoms with Crippen LogP contribution in [0.1, 0.15) is 32.3 Å². The van der Waals surface area contributed by atoms with Crippen molar-refractivity contribution in [1.82, 2.24) is 0 Å². The minimum atomic E-state index is 0.433. The van der Waals surface area contributed by atoms with E-state index < -0.39 is 0 Å². The Morgan fingerprint density at radius 2 is 1.85 bits per heavy atom. The van der Waals surface area contributed by atoms with Gasteiger partial charge in [-0.05, 0) is 18.9 Å². The molecule has 0 unspecified atom stereocenters. The third-order valence-electron chi connectivity index (χ3n) is 2.08. The van der Waals surface area contributed by atoms with Gasteiger partial charge in [0.25, 0.3) is 0 Å². The fourth-order valence-corrected chi connectivity index (χ4v) is 1.34. The van der Waals surface area contributed by atoms with E-state index in [1.807, 2.05) is 37.3 Å². The maximum Gasteiger partial charge on any atom is 0.121 e. The van der Waals surface area contributed by atoms with Crippen molar-refractivity contribution in [3.05, 3.63) is 41.5 Å². The summed E-state index contributed by atoms with van der Waals surface area (Å²) in [6, 6.07) is 9.67. The van der Waals surface area contributed by atoms with Crippen molar-refractivity contribution in [1.29, 1.82) is 0 Å². The minimum absolute atomic E-state index is 0.433. The van der Waals surface area contributed by atoms with Crippen LogP contribution in [0.15, 0.2) is 35.9 Å². The van der Waals surface area contributed by atoms with E-state index in [2.05, 4.69) is 6.92 Å². The van der Waals surface area contributed by atoms with Crippen molar-refractivity contribution < 1.29 is 5.11 Å². The van der Waals surface area contributed by atoms with Crippen molar-refractivity contribution >= 4 is 5.76 Å². The van der Waals surface area contributed by atoms with Crippen molar-refractivity contribution in [2.75, 3.05) is 0 Å². The molecule has 0 saturated heterocycles. The van der Waals surface area contributed by atoms with Gasteiger partial charge < -0.3 is 5.11 Å². The summed E-state index contributed by atoms with van der Waals surface area (Å²) in [5.41, 5.74) is 1.97. The predicted octanol–water partition coefficient (Wildman–Crippen LogP) is 3.78. The lowest BCUT2D eigenvalue weighted by Gasteiger charge is -2.04. The summed E-state index contributed by atoms with van der Waals surface area (Å²) in [5.74, 6) is 0.433. The molecule has 0 fully saturated rings. The van der Waals surface area contributed by atoms with Gasteiger partial charge >= 0.3 is 0 Å². The molecular weight excluding hydrogens is 160 g/mol. The molecule has 70 valence electrons. The summed E-state index contributed by atoms with van der Waals surface area (Å²) in [4.78, 5) is 0. The topological polar surface area (TPSA) is 20.2 Å². The van der Waals surface area contributed by atoms with Gasteiger partial charge in [-0.2, -0.15) is 0 Å². The second kappa shape index (κ2) is 4.70. The number of hydrogen-bond acceptors (Lipinski definition) is 1. The number of hydrogen-bond donors (Lipinski definition) is 1. The van der Waals surface area contributed by atoms with E-state index in [0.29, 0.717) is 5.76 Å². The summed E-state index contributed by atoms with van der Waals surface area (Å²) < 4.78 is 0. The fourth-order valence-electron chi connectivity index (χ4n) is 1.34. The van der Waals surface area contributed by atoms with Gasteiger partial charge in [-0.15, -0.1) is 0 Å². The molecule has 0 spiro atoms. The number of aliphatic hydroxyl groups excluding tert-OH is 1. The molecule has 0 aliphatic carbocycles. The molecule has 0 amide bonds. The Balaban J connectivity index is 2.89. The van der Waals surface area contributed by atoms with Crippen LogP contribution in [0.25, 0.3) is 5.76 Å². The van der Waals surface area contributed by atoms with Crippen LogP contribution in [0, 0.1) is 0 Å². The first kappa shape index (κ1) is 9.85. The molecule has 0 aromatic heterocycles. The highest BCUT2D eigenvalue weighted by Crippen LogP contribution is 2.18. The van der Waals surface area contributed by atoms with E-state index in [1.54, 1.807) is 0 Å². The summed E-state index contributed by atoms with van der Waals surface area (Å²) in [5, 5.41) is 9.80. The third kappa shape index (κ3) is 2.62. The molecule has 1 rings (SSSR count). The van der Waals surface area contributed by atoms with Gasteiger partial charge in [0.1, 0.15) is 5.76 Å². The quantitative estimate of drug-likeness (QED) is 0.695. The Labute approximate surface area is 79.7 Å². The van der Waals surface area contributed by atoms with Crippen LogP contribution in [0.2, 0.25) is 0 Å². The second-order valence-corrected chi connectivity index (χ2v) is 3.24. The summed E-state index contributed by atoms with van der Waals surface area (Å²) in [6.45, 7) is 4.09. The van der Waals surface area contributed by atoms with Crippen molar-refractivity contribution in [2.45, 2.75) is 26.7 Å². The van der Waals surface area contributed by atoms with E-state index in [1.165, 1.54) is 0 Å². The molecule has 0 aliphatic heterocycles. The first-order chi connectivity index (χ1) is 6.25. The van der Waals surface area contributed by atoms with Crippen LogP contribution in [0.5, 0.6) is 0 Å². The van der Waals surface area contributed by atoms with E-state index in [9.17, 15) is 5.11 Å². The summed E-state index contributed by atoms with van der Waals surface area (Å²) >= 11 is 0. The van der Waals surface area contributed by atoms with E-state index in [0.717, 1.165) is 24.0 Å². The Morgan fingerprint density at radius 1 is 1.23 bits per heavy atom. The predicted molar refractivity (Wildman–Crippen MR) is 56.6 cm³/mol. The van der Waals surface area contributed by atoms with Gasteiger partial charge in [0.05, 0.1) is 0 Å². The Hall–Kier alpha value is -1.24. The number of benzene rings is 1. The first-order valence-corrected chi connectivity index (χ1v) is 4.69. The van der Waals surface area contributed by atoms with Gasteiger partial charge in [0.15, 0.2) is 0 Å². The lowest BCUT2D eigenvalue weighted by atomic mass is 10.1. The van der Waals surface area contributed by atoms with Crippen LogP contribution in [-0.2, 0) is 0 Å². The Bertz CT molecular complexity index is 285. The monoisotopic (exact) mass is 176 g/mol. The minimum Gasteiger partial charge on any atom is -0.507 e. The van der Waals surface area contributed by atoms with Gasteiger partial charge in [-0.25, -0.2) is 0 Å². The highest BCUT2D eigenvalue weighted by atomic mass is 16.3. The SMILES string of the molecule is CCCC(C)=C(O)c1ccccc1. The number of rotatable bonds is 3. The van der Waals surface area contributed by atoms with Gasteiger partial charge in [0.2, 0.25) is 0 Å². The molecule has 1 nitrogen and oxygen atoms in total. The van der Waals surface area contributed by atoms with E-state index in [-0.39, 0.29) is 0 Å². The molecule has 0 aliphatic rings. The largest absolute Gasteiger partial charge is 0.507 e. The fraction of sp³-hybridized carbons (Fsp3) is 0.333. The zero-order valence-electron chi connectivity index (χ0n) is 8.25. The lowest BCUT2D eigenvalue weighted by Crippen LogP contribution is -1.87. The van der Waals surface area contributed by atoms with Crippen LogP contribution in [-0.4, -0.2) is 5.11 Å². The van der Waals surface area contributed by atoms with Crippen LogP contribution in [0.4, 0.5) is 0 Å². The van der Waals surface area contributed by atoms with Crippen LogP contribution in [0.3, 0.4) is 0 Å². The average molecular weight is 176 g/mol. The van der Waals surface area contributed by atoms with Gasteiger partial charge in [-0.1, -0.05) is 43.7 Å². The van der Waals surface area contributed by atoms with Crippen LogP contribution >= 0.6 is 0 Å². The molecular formula is C12H16O. The lowest BCUT2D eigenvalue weighted by molar-refractivity contribution is 0.503. The third-order valence-corrected chi connectivity index (χ3v) is 2.08. The molecule has 0 bridgehead atoms. The Morgan fingerprint density at radius 3 is 2.38 bits per heavy atom. The average Bonchev–Trinajstić information content (AvgIpc) is 2.18. The van der Waals surface area contributed by atoms with E-state index >= 15 is 0 Å². The summed E-state index contributed by atoms with van der Waals surface area (Å²) in [6.07, 6.45) is 2.03. The van der Waals surface area contributed by atoms with Gasteiger partial charge in [-0.3, -0.25) is 0 Å². The molecule has 1 aromatic carbocycles. The standard InChI is InChI=1S/C12H16O/c1-3-7-10(2)12(13)11-8-5-4-6-9-11/h4-6,8-9,13H,3,7H2,1-2H3. The maximum absolute atomic E-state index is 9.80. The van der Waals surface area contributed by atoms with Gasteiger partial charge in [0, 0.05) is 5.56 Å². The smallest absolute Gasteiger partial charge is 0.121 e. The second-order valence-electron chi connectivity index (χ2n) is 3.24. The van der Waals surface area contributed by atoms with Crippen molar-refractivity contribution in [3.8, 4) is 0 Å². The highest BCUT2D eigenvalue weighted by molar-refractivity contribution is 5.61. The van der Waals surface area contributed by atoms with Crippen LogP contribution < -0.4 is 0 Å². The maximum atomic E-state index is 9.80. The first-order valence-electron chi connectivity index (χ1n) is 4.69. The molecule has 13 heavy (non-hydrogen) atoms. The highest BCUT2D eigenvalue weighted by Gasteiger charge is 2.01. The normalized spacial score (nSPS) is 12.5. The Kier molecular flexibility index (Phi) is 3.56. The number of allylic oxidation sites excluding steroid dienone is 1. The summed E-state index contributed by atoms with van der Waals surface area (Å²) in [7, 11) is 0. The zero-order chi connectivity index (χ0) is 9.68. The number of aliphatic hydroxyl groups is 1. The molecule has 0 atom stereocenters. The molecule has 1 aromatic rings. The molecule has 0 heterocycles. The van der Waals surface area contributed by atoms with E-state index in [4.69, 9.17) is 0 Å². The molecule has 0 radical (unpaired) electrons. The van der Waals surface area contributed by atoms with Crippen molar-refractivity contribution in [2.24, 2.45) is 0 Å². The zero-order valence-corrected chi connectivity index (χ0v) is 8.25. The molecule has 0 saturated carbocycles. The molecule has 1 N–H and O–H groups in total. The molecule has 1 heteroatoms. The van der Waals surface area contributed by atoms with Crippen molar-refractivity contribution in [3.63, 3.8) is 0 Å².